The zero-order valence-electron chi connectivity index (χ0n) is 13.7. The Bertz CT molecular complexity index is 633. The Morgan fingerprint density at radius 2 is 2.00 bits per heavy atom. The van der Waals surface area contributed by atoms with Crippen LogP contribution in [0.4, 0.5) is 18.0 Å². The van der Waals surface area contributed by atoms with E-state index in [0.29, 0.717) is 11.0 Å². The van der Waals surface area contributed by atoms with Crippen molar-refractivity contribution >= 4 is 6.03 Å². The summed E-state index contributed by atoms with van der Waals surface area (Å²) in [4.78, 5) is 12.1. The van der Waals surface area contributed by atoms with E-state index in [1.807, 2.05) is 0 Å². The summed E-state index contributed by atoms with van der Waals surface area (Å²) in [6.45, 7) is 1.64. The highest BCUT2D eigenvalue weighted by Gasteiger charge is 2.53. The Hall–Kier alpha value is -1.92. The van der Waals surface area contributed by atoms with Crippen LogP contribution in [0, 0.1) is 5.41 Å². The molecular weight excluding hydrogens is 321 g/mol. The molecule has 132 valence electrons. The van der Waals surface area contributed by atoms with Crippen molar-refractivity contribution < 1.29 is 22.7 Å². The first-order chi connectivity index (χ1) is 11.2. The van der Waals surface area contributed by atoms with Gasteiger partial charge in [-0.2, -0.15) is 13.2 Å². The molecular formula is C17H21F3N2O2. The number of carbonyl (C=O) groups is 1. The topological polar surface area (TPSA) is 50.4 Å². The van der Waals surface area contributed by atoms with Gasteiger partial charge in [-0.25, -0.2) is 4.79 Å². The monoisotopic (exact) mass is 342 g/mol. The van der Waals surface area contributed by atoms with Crippen LogP contribution in [-0.2, 0) is 6.18 Å². The van der Waals surface area contributed by atoms with Crippen LogP contribution in [0.5, 0.6) is 5.75 Å². The number of benzene rings is 1. The molecule has 3 rings (SSSR count). The Kier molecular flexibility index (Phi) is 4.13. The molecule has 7 heteroatoms. The minimum absolute atomic E-state index is 0.170. The lowest BCUT2D eigenvalue weighted by molar-refractivity contribution is -0.138. The first kappa shape index (κ1) is 16.9. The maximum Gasteiger partial charge on any atom is 0.419 e. The Balaban J connectivity index is 1.65. The van der Waals surface area contributed by atoms with Gasteiger partial charge in [-0.15, -0.1) is 0 Å². The largest absolute Gasteiger partial charge is 0.496 e. The SMILES string of the molecule is COc1c(C(C)NC(=O)NC2CC3(CC3)C2)cccc1C(F)(F)F. The summed E-state index contributed by atoms with van der Waals surface area (Å²) in [7, 11) is 1.20. The van der Waals surface area contributed by atoms with E-state index in [1.165, 1.54) is 32.1 Å². The molecule has 1 unspecified atom stereocenters. The van der Waals surface area contributed by atoms with Crippen LogP contribution < -0.4 is 15.4 Å². The van der Waals surface area contributed by atoms with Crippen molar-refractivity contribution in [1.82, 2.24) is 10.6 Å². The van der Waals surface area contributed by atoms with Gasteiger partial charge in [-0.3, -0.25) is 0 Å². The van der Waals surface area contributed by atoms with Crippen molar-refractivity contribution in [3.63, 3.8) is 0 Å². The van der Waals surface area contributed by atoms with Crippen molar-refractivity contribution in [3.05, 3.63) is 29.3 Å². The molecule has 1 aromatic rings. The van der Waals surface area contributed by atoms with Gasteiger partial charge in [-0.05, 0) is 44.1 Å². The zero-order valence-corrected chi connectivity index (χ0v) is 13.7. The fourth-order valence-electron chi connectivity index (χ4n) is 3.52. The fraction of sp³-hybridized carbons (Fsp3) is 0.588. The lowest BCUT2D eigenvalue weighted by Gasteiger charge is -2.36. The number of amides is 2. The van der Waals surface area contributed by atoms with Crippen LogP contribution in [0.3, 0.4) is 0 Å². The van der Waals surface area contributed by atoms with E-state index >= 15 is 0 Å². The molecule has 1 spiro atoms. The highest BCUT2D eigenvalue weighted by atomic mass is 19.4. The van der Waals surface area contributed by atoms with E-state index in [-0.39, 0.29) is 17.8 Å². The van der Waals surface area contributed by atoms with Gasteiger partial charge in [0.05, 0.1) is 18.7 Å². The zero-order chi connectivity index (χ0) is 17.5. The van der Waals surface area contributed by atoms with Gasteiger partial charge >= 0.3 is 12.2 Å². The number of methoxy groups -OCH3 is 1. The minimum atomic E-state index is -4.51. The molecule has 2 aliphatic rings. The average molecular weight is 342 g/mol. The Morgan fingerprint density at radius 3 is 2.54 bits per heavy atom. The molecule has 2 aliphatic carbocycles. The van der Waals surface area contributed by atoms with Crippen molar-refractivity contribution in [1.29, 1.82) is 0 Å². The van der Waals surface area contributed by atoms with Crippen LogP contribution in [0.15, 0.2) is 18.2 Å². The van der Waals surface area contributed by atoms with E-state index in [4.69, 9.17) is 4.74 Å². The third-order valence-corrected chi connectivity index (χ3v) is 5.02. The third kappa shape index (κ3) is 3.30. The first-order valence-corrected chi connectivity index (χ1v) is 8.05. The second-order valence-electron chi connectivity index (χ2n) is 6.87. The van der Waals surface area contributed by atoms with Crippen molar-refractivity contribution in [2.24, 2.45) is 5.41 Å². The van der Waals surface area contributed by atoms with E-state index in [2.05, 4.69) is 10.6 Å². The fourth-order valence-corrected chi connectivity index (χ4v) is 3.52. The average Bonchev–Trinajstić information content (AvgIpc) is 3.25. The number of nitrogens with one attached hydrogen (secondary N) is 2. The van der Waals surface area contributed by atoms with Crippen molar-refractivity contribution in [2.75, 3.05) is 7.11 Å². The minimum Gasteiger partial charge on any atom is -0.496 e. The van der Waals surface area contributed by atoms with Crippen LogP contribution >= 0.6 is 0 Å². The molecule has 2 amide bonds. The molecule has 0 radical (unpaired) electrons. The predicted molar refractivity (Wildman–Crippen MR) is 82.8 cm³/mol. The molecule has 24 heavy (non-hydrogen) atoms. The standard InChI is InChI=1S/C17H21F3N2O2/c1-10(21-15(23)22-11-8-16(9-11)6-7-16)12-4-3-5-13(14(12)24-2)17(18,19)20/h3-5,10-11H,6-9H2,1-2H3,(H2,21,22,23). The van der Waals surface area contributed by atoms with E-state index in [1.54, 1.807) is 6.92 Å². The van der Waals surface area contributed by atoms with Crippen molar-refractivity contribution in [2.45, 2.75) is 50.9 Å². The summed E-state index contributed by atoms with van der Waals surface area (Å²) >= 11 is 0. The van der Waals surface area contributed by atoms with Gasteiger partial charge in [0.25, 0.3) is 0 Å². The smallest absolute Gasteiger partial charge is 0.419 e. The van der Waals surface area contributed by atoms with Crippen LogP contribution in [-0.4, -0.2) is 19.2 Å². The number of rotatable bonds is 4. The van der Waals surface area contributed by atoms with E-state index < -0.39 is 17.8 Å². The van der Waals surface area contributed by atoms with Crippen molar-refractivity contribution in [3.8, 4) is 5.75 Å². The number of hydrogen-bond donors (Lipinski definition) is 2. The van der Waals surface area contributed by atoms with Crippen LogP contribution in [0.1, 0.15) is 49.8 Å². The molecule has 2 fully saturated rings. The molecule has 0 aromatic heterocycles. The summed E-state index contributed by atoms with van der Waals surface area (Å²) < 4.78 is 44.2. The maximum absolute atomic E-state index is 13.1. The summed E-state index contributed by atoms with van der Waals surface area (Å²) in [6, 6.07) is 3.03. The molecule has 1 aromatic carbocycles. The van der Waals surface area contributed by atoms with E-state index in [9.17, 15) is 18.0 Å². The molecule has 4 nitrogen and oxygen atoms in total. The summed E-state index contributed by atoms with van der Waals surface area (Å²) in [5.41, 5.74) is -0.0608. The second kappa shape index (κ2) is 5.86. The quantitative estimate of drug-likeness (QED) is 0.868. The molecule has 0 aliphatic heterocycles. The van der Waals surface area contributed by atoms with Gasteiger partial charge in [0.15, 0.2) is 0 Å². The molecule has 2 saturated carbocycles. The number of para-hydroxylation sites is 1. The second-order valence-corrected chi connectivity index (χ2v) is 6.87. The predicted octanol–water partition coefficient (Wildman–Crippen LogP) is 4.02. The Morgan fingerprint density at radius 1 is 1.33 bits per heavy atom. The lowest BCUT2D eigenvalue weighted by atomic mass is 9.77. The van der Waals surface area contributed by atoms with Gasteiger partial charge in [0.1, 0.15) is 5.75 Å². The number of hydrogen-bond acceptors (Lipinski definition) is 2. The Labute approximate surface area is 138 Å². The van der Waals surface area contributed by atoms with Crippen LogP contribution in [0.25, 0.3) is 0 Å². The molecule has 1 atom stereocenters. The van der Waals surface area contributed by atoms with Gasteiger partial charge in [0.2, 0.25) is 0 Å². The molecule has 0 heterocycles. The third-order valence-electron chi connectivity index (χ3n) is 5.02. The number of halogens is 3. The number of ether oxygens (including phenoxy) is 1. The number of alkyl halides is 3. The lowest BCUT2D eigenvalue weighted by Crippen LogP contribution is -2.49. The molecule has 0 saturated heterocycles. The van der Waals surface area contributed by atoms with E-state index in [0.717, 1.165) is 18.9 Å². The normalized spacial score (nSPS) is 20.2. The van der Waals surface area contributed by atoms with Gasteiger partial charge in [-0.1, -0.05) is 12.1 Å². The summed E-state index contributed by atoms with van der Waals surface area (Å²) in [6.07, 6.45) is -0.0214. The highest BCUT2D eigenvalue weighted by Crippen LogP contribution is 2.60. The number of carbonyl (C=O) groups excluding carboxylic acids is 1. The highest BCUT2D eigenvalue weighted by molar-refractivity contribution is 5.75. The maximum atomic E-state index is 13.1. The number of urea groups is 1. The summed E-state index contributed by atoms with van der Waals surface area (Å²) in [5.74, 6) is -0.252. The van der Waals surface area contributed by atoms with Gasteiger partial charge in [0, 0.05) is 11.6 Å². The first-order valence-electron chi connectivity index (χ1n) is 8.05. The van der Waals surface area contributed by atoms with Gasteiger partial charge < -0.3 is 15.4 Å². The molecule has 2 N–H and O–H groups in total. The van der Waals surface area contributed by atoms with Crippen LogP contribution in [0.2, 0.25) is 0 Å². The molecule has 0 bridgehead atoms. The summed E-state index contributed by atoms with van der Waals surface area (Å²) in [5, 5.41) is 5.58.